The summed E-state index contributed by atoms with van der Waals surface area (Å²) in [5, 5.41) is 8.93. The lowest BCUT2D eigenvalue weighted by Crippen LogP contribution is -2.46. The van der Waals surface area contributed by atoms with E-state index < -0.39 is 0 Å². The predicted octanol–water partition coefficient (Wildman–Crippen LogP) is 7.39. The topological polar surface area (TPSA) is 63.6 Å². The number of ketones is 1. The number of hydrogen-bond donors (Lipinski definition) is 1. The first kappa shape index (κ1) is 27.4. The number of carbonyl (C=O) groups excluding carboxylic acids is 2. The summed E-state index contributed by atoms with van der Waals surface area (Å²) in [6, 6.07) is 9.38. The molecule has 4 aliphatic rings. The molecule has 4 heteroatoms. The Labute approximate surface area is 228 Å². The minimum atomic E-state index is -0.157. The maximum Gasteiger partial charge on any atom is 0.302 e. The highest BCUT2D eigenvalue weighted by atomic mass is 16.5. The lowest BCUT2D eigenvalue weighted by atomic mass is 9.53. The number of hydrogen-bond acceptors (Lipinski definition) is 4. The first-order valence-corrected chi connectivity index (χ1v) is 15.2. The van der Waals surface area contributed by atoms with Crippen LogP contribution in [0.1, 0.15) is 114 Å². The highest BCUT2D eigenvalue weighted by Gasteiger charge is 2.57. The van der Waals surface area contributed by atoms with E-state index in [1.54, 1.807) is 12.5 Å². The molecule has 0 heterocycles. The number of aliphatic hydroxyl groups is 1. The van der Waals surface area contributed by atoms with Gasteiger partial charge in [0.1, 0.15) is 6.10 Å². The molecule has 1 aromatic carbocycles. The van der Waals surface area contributed by atoms with Gasteiger partial charge in [-0.1, -0.05) is 62.4 Å². The van der Waals surface area contributed by atoms with Gasteiger partial charge in [-0.05, 0) is 98.0 Å². The van der Waals surface area contributed by atoms with Gasteiger partial charge in [0.25, 0.3) is 0 Å². The standard InChI is InChI=1S/C34H46O4/c1-23(36)38-32-19-18-31-29-16-14-26-21-27(37)15-17-28(26)33(29)30(22-34(31,32)2)25-12-10-24(11-13-25)9-7-5-3-4-6-8-20-35/h10-13,21,29-32,35H,3-9,14-20,22H2,1-2H3/t29-,30?,31-,32?,34-/m0/s1. The summed E-state index contributed by atoms with van der Waals surface area (Å²) in [7, 11) is 0. The largest absolute Gasteiger partial charge is 0.462 e. The van der Waals surface area contributed by atoms with Crippen LogP contribution in [0.25, 0.3) is 0 Å². The zero-order valence-electron chi connectivity index (χ0n) is 23.5. The van der Waals surface area contributed by atoms with Crippen LogP contribution in [0.5, 0.6) is 0 Å². The molecule has 2 unspecified atom stereocenters. The van der Waals surface area contributed by atoms with E-state index in [9.17, 15) is 9.59 Å². The van der Waals surface area contributed by atoms with Crippen LogP contribution in [-0.4, -0.2) is 29.6 Å². The summed E-state index contributed by atoms with van der Waals surface area (Å²) in [5.74, 6) is 1.51. The molecule has 0 spiro atoms. The van der Waals surface area contributed by atoms with Crippen LogP contribution < -0.4 is 0 Å². The minimum absolute atomic E-state index is 0.000532. The van der Waals surface area contributed by atoms with Crippen molar-refractivity contribution >= 4 is 11.8 Å². The van der Waals surface area contributed by atoms with Crippen molar-refractivity contribution in [3.05, 3.63) is 58.2 Å². The Kier molecular flexibility index (Phi) is 8.57. The third kappa shape index (κ3) is 5.57. The van der Waals surface area contributed by atoms with Crippen LogP contribution >= 0.6 is 0 Å². The fraction of sp³-hybridized carbons (Fsp3) is 0.647. The maximum absolute atomic E-state index is 12.3. The number of esters is 1. The molecule has 0 radical (unpaired) electrons. The molecule has 0 bridgehead atoms. The Morgan fingerprint density at radius 2 is 1.71 bits per heavy atom. The molecule has 1 N–H and O–H groups in total. The molecule has 4 nitrogen and oxygen atoms in total. The normalized spacial score (nSPS) is 30.4. The van der Waals surface area contributed by atoms with E-state index >= 15 is 0 Å². The van der Waals surface area contributed by atoms with Crippen LogP contribution in [0.3, 0.4) is 0 Å². The van der Waals surface area contributed by atoms with E-state index in [1.807, 2.05) is 6.08 Å². The summed E-state index contributed by atoms with van der Waals surface area (Å²) in [6.07, 6.45) is 16.8. The second-order valence-corrected chi connectivity index (χ2v) is 12.6. The molecule has 206 valence electrons. The Morgan fingerprint density at radius 1 is 0.974 bits per heavy atom. The number of aryl methyl sites for hydroxylation is 1. The molecule has 0 aromatic heterocycles. The smallest absolute Gasteiger partial charge is 0.302 e. The van der Waals surface area contributed by atoms with Crippen molar-refractivity contribution < 1.29 is 19.4 Å². The van der Waals surface area contributed by atoms with Crippen molar-refractivity contribution in [3.63, 3.8) is 0 Å². The van der Waals surface area contributed by atoms with Crippen LogP contribution in [-0.2, 0) is 20.7 Å². The summed E-state index contributed by atoms with van der Waals surface area (Å²) < 4.78 is 5.95. The lowest BCUT2D eigenvalue weighted by molar-refractivity contribution is -0.154. The fourth-order valence-electron chi connectivity index (χ4n) is 8.37. The Morgan fingerprint density at radius 3 is 2.45 bits per heavy atom. The van der Waals surface area contributed by atoms with E-state index in [0.717, 1.165) is 57.8 Å². The van der Waals surface area contributed by atoms with Gasteiger partial charge in [0.2, 0.25) is 0 Å². The molecule has 2 fully saturated rings. The predicted molar refractivity (Wildman–Crippen MR) is 151 cm³/mol. The molecular formula is C34H46O4. The van der Waals surface area contributed by atoms with Gasteiger partial charge in [-0.3, -0.25) is 9.59 Å². The molecule has 38 heavy (non-hydrogen) atoms. The number of ether oxygens (including phenoxy) is 1. The molecule has 0 aliphatic heterocycles. The Bertz CT molecular complexity index is 1080. The van der Waals surface area contributed by atoms with Crippen molar-refractivity contribution in [1.29, 1.82) is 0 Å². The molecule has 4 aliphatic carbocycles. The summed E-state index contributed by atoms with van der Waals surface area (Å²) in [6.45, 7) is 4.25. The Balaban J connectivity index is 1.38. The van der Waals surface area contributed by atoms with Crippen LogP contribution in [0.2, 0.25) is 0 Å². The van der Waals surface area contributed by atoms with E-state index in [0.29, 0.717) is 30.8 Å². The van der Waals surface area contributed by atoms with Gasteiger partial charge in [0, 0.05) is 31.3 Å². The molecule has 2 saturated carbocycles. The number of rotatable bonds is 10. The van der Waals surface area contributed by atoms with E-state index in [1.165, 1.54) is 48.0 Å². The molecule has 5 rings (SSSR count). The summed E-state index contributed by atoms with van der Waals surface area (Å²) in [4.78, 5) is 24.3. The van der Waals surface area contributed by atoms with Crippen molar-refractivity contribution in [2.75, 3.05) is 6.61 Å². The van der Waals surface area contributed by atoms with Crippen LogP contribution in [0, 0.1) is 17.3 Å². The van der Waals surface area contributed by atoms with E-state index in [4.69, 9.17) is 9.84 Å². The second-order valence-electron chi connectivity index (χ2n) is 12.6. The highest BCUT2D eigenvalue weighted by Crippen LogP contribution is 2.64. The summed E-state index contributed by atoms with van der Waals surface area (Å²) >= 11 is 0. The van der Waals surface area contributed by atoms with Crippen molar-refractivity contribution in [2.45, 2.75) is 116 Å². The average molecular weight is 519 g/mol. The molecule has 1 aromatic rings. The lowest BCUT2D eigenvalue weighted by Gasteiger charge is -2.52. The molecular weight excluding hydrogens is 472 g/mol. The zero-order chi connectivity index (χ0) is 26.7. The average Bonchev–Trinajstić information content (AvgIpc) is 3.22. The third-order valence-electron chi connectivity index (χ3n) is 10.2. The van der Waals surface area contributed by atoms with Gasteiger partial charge in [0.15, 0.2) is 5.78 Å². The van der Waals surface area contributed by atoms with Gasteiger partial charge >= 0.3 is 5.97 Å². The van der Waals surface area contributed by atoms with Crippen LogP contribution in [0.4, 0.5) is 0 Å². The first-order valence-electron chi connectivity index (χ1n) is 15.2. The Hall–Kier alpha value is -2.20. The number of benzene rings is 1. The van der Waals surface area contributed by atoms with Crippen molar-refractivity contribution in [3.8, 4) is 0 Å². The van der Waals surface area contributed by atoms with E-state index in [2.05, 4.69) is 31.2 Å². The molecule has 5 atom stereocenters. The number of fused-ring (bicyclic) bond motifs is 4. The number of unbranched alkanes of at least 4 members (excludes halogenated alkanes) is 5. The monoisotopic (exact) mass is 518 g/mol. The zero-order valence-corrected chi connectivity index (χ0v) is 23.5. The summed E-state index contributed by atoms with van der Waals surface area (Å²) in [5.41, 5.74) is 7.17. The number of aliphatic hydroxyl groups excluding tert-OH is 1. The van der Waals surface area contributed by atoms with Crippen molar-refractivity contribution in [2.24, 2.45) is 17.3 Å². The molecule has 0 amide bonds. The number of carbonyl (C=O) groups is 2. The van der Waals surface area contributed by atoms with Gasteiger partial charge in [-0.2, -0.15) is 0 Å². The fourth-order valence-corrected chi connectivity index (χ4v) is 8.37. The van der Waals surface area contributed by atoms with E-state index in [-0.39, 0.29) is 23.3 Å². The second kappa shape index (κ2) is 11.9. The quantitative estimate of drug-likeness (QED) is 0.259. The van der Waals surface area contributed by atoms with Gasteiger partial charge in [-0.25, -0.2) is 0 Å². The van der Waals surface area contributed by atoms with Gasteiger partial charge in [0.05, 0.1) is 0 Å². The SMILES string of the molecule is CC(=O)OC1CC[C@H]2[C@@H]3CCC4=CC(=O)CCC4=C3C(c3ccc(CCCCCCCCO)cc3)C[C@]12C. The highest BCUT2D eigenvalue weighted by molar-refractivity contribution is 5.93. The third-order valence-corrected chi connectivity index (χ3v) is 10.2. The van der Waals surface area contributed by atoms with Gasteiger partial charge < -0.3 is 9.84 Å². The van der Waals surface area contributed by atoms with Crippen molar-refractivity contribution in [1.82, 2.24) is 0 Å². The minimum Gasteiger partial charge on any atom is -0.462 e. The maximum atomic E-state index is 12.3. The first-order chi connectivity index (χ1) is 18.4. The van der Waals surface area contributed by atoms with Crippen LogP contribution in [0.15, 0.2) is 47.1 Å². The van der Waals surface area contributed by atoms with Gasteiger partial charge in [-0.15, -0.1) is 0 Å². The molecule has 0 saturated heterocycles. The number of allylic oxidation sites excluding steroid dienone is 4.